The molecule has 2 rings (SSSR count). The molecule has 1 heterocycles. The van der Waals surface area contributed by atoms with Crippen LogP contribution in [-0.2, 0) is 5.41 Å². The Morgan fingerprint density at radius 3 is 2.05 bits per heavy atom. The monoisotopic (exact) mass is 407 g/mol. The lowest BCUT2D eigenvalue weighted by Gasteiger charge is -2.21. The van der Waals surface area contributed by atoms with Gasteiger partial charge in [-0.05, 0) is 34.7 Å². The molecule has 0 atom stereocenters. The van der Waals surface area contributed by atoms with Gasteiger partial charge >= 0.3 is 0 Å². The van der Waals surface area contributed by atoms with Crippen molar-refractivity contribution >= 4 is 28.4 Å². The maximum Gasteiger partial charge on any atom is 0.194 e. The van der Waals surface area contributed by atoms with Gasteiger partial charge in [0.15, 0.2) is 23.3 Å². The van der Waals surface area contributed by atoms with Crippen LogP contribution in [0.25, 0.3) is 11.4 Å². The molecule has 0 saturated carbocycles. The highest BCUT2D eigenvalue weighted by Gasteiger charge is 2.23. The van der Waals surface area contributed by atoms with E-state index < -0.39 is 17.5 Å². The Kier molecular flexibility index (Phi) is 4.14. The molecular formula is C14H13F3IN3. The number of hydrogen-bond acceptors (Lipinski definition) is 3. The summed E-state index contributed by atoms with van der Waals surface area (Å²) in [4.78, 5) is 8.36. The SMILES string of the molecule is CC(C)(C)c1nc(-c2cc(F)c(F)c(F)c2)nc(N)c1I. The van der Waals surface area contributed by atoms with E-state index in [1.807, 2.05) is 43.4 Å². The second-order valence-electron chi connectivity index (χ2n) is 5.60. The van der Waals surface area contributed by atoms with Gasteiger partial charge in [-0.15, -0.1) is 0 Å². The van der Waals surface area contributed by atoms with Crippen molar-refractivity contribution in [3.8, 4) is 11.4 Å². The molecular weight excluding hydrogens is 394 g/mol. The lowest BCUT2D eigenvalue weighted by molar-refractivity contribution is 0.447. The lowest BCUT2D eigenvalue weighted by atomic mass is 9.92. The molecule has 0 aliphatic heterocycles. The van der Waals surface area contributed by atoms with Crippen molar-refractivity contribution in [3.05, 3.63) is 38.8 Å². The minimum absolute atomic E-state index is 0.0417. The normalized spacial score (nSPS) is 11.8. The van der Waals surface area contributed by atoms with Crippen LogP contribution in [0.4, 0.5) is 19.0 Å². The molecule has 0 spiro atoms. The number of rotatable bonds is 1. The molecule has 0 saturated heterocycles. The Hall–Kier alpha value is -1.38. The van der Waals surface area contributed by atoms with Gasteiger partial charge in [0, 0.05) is 11.0 Å². The minimum Gasteiger partial charge on any atom is -0.383 e. The van der Waals surface area contributed by atoms with E-state index in [2.05, 4.69) is 9.97 Å². The van der Waals surface area contributed by atoms with Crippen LogP contribution in [0.2, 0.25) is 0 Å². The molecule has 2 aromatic rings. The van der Waals surface area contributed by atoms with Gasteiger partial charge in [-0.25, -0.2) is 23.1 Å². The average molecular weight is 407 g/mol. The summed E-state index contributed by atoms with van der Waals surface area (Å²) in [6, 6.07) is 1.71. The van der Waals surface area contributed by atoms with Crippen molar-refractivity contribution in [3.63, 3.8) is 0 Å². The van der Waals surface area contributed by atoms with Crippen LogP contribution in [0.15, 0.2) is 12.1 Å². The maximum atomic E-state index is 13.3. The average Bonchev–Trinajstić information content (AvgIpc) is 2.37. The lowest BCUT2D eigenvalue weighted by Crippen LogP contribution is -2.18. The van der Waals surface area contributed by atoms with Gasteiger partial charge in [0.2, 0.25) is 0 Å². The molecule has 0 radical (unpaired) electrons. The predicted molar refractivity (Wildman–Crippen MR) is 83.2 cm³/mol. The van der Waals surface area contributed by atoms with E-state index in [9.17, 15) is 13.2 Å². The molecule has 0 aliphatic carbocycles. The summed E-state index contributed by atoms with van der Waals surface area (Å²) in [6.45, 7) is 5.81. The highest BCUT2D eigenvalue weighted by atomic mass is 127. The molecule has 0 amide bonds. The Balaban J connectivity index is 2.68. The first-order valence-corrected chi connectivity index (χ1v) is 7.17. The third kappa shape index (κ3) is 3.12. The van der Waals surface area contributed by atoms with Crippen LogP contribution in [0.5, 0.6) is 0 Å². The summed E-state index contributed by atoms with van der Waals surface area (Å²) >= 11 is 2.03. The van der Waals surface area contributed by atoms with Crippen molar-refractivity contribution in [2.24, 2.45) is 0 Å². The van der Waals surface area contributed by atoms with Crippen LogP contribution in [-0.4, -0.2) is 9.97 Å². The summed E-state index contributed by atoms with van der Waals surface area (Å²) in [5, 5.41) is 0. The molecule has 0 aliphatic rings. The Morgan fingerprint density at radius 1 is 1.05 bits per heavy atom. The Morgan fingerprint density at radius 2 is 1.57 bits per heavy atom. The third-order valence-corrected chi connectivity index (χ3v) is 3.89. The topological polar surface area (TPSA) is 51.8 Å². The van der Waals surface area contributed by atoms with Gasteiger partial charge in [-0.3, -0.25) is 0 Å². The quantitative estimate of drug-likeness (QED) is 0.574. The van der Waals surface area contributed by atoms with Crippen LogP contribution in [0.3, 0.4) is 0 Å². The van der Waals surface area contributed by atoms with E-state index in [1.165, 1.54) is 0 Å². The molecule has 0 fully saturated rings. The minimum atomic E-state index is -1.52. The Labute approximate surface area is 133 Å². The highest BCUT2D eigenvalue weighted by molar-refractivity contribution is 14.1. The highest BCUT2D eigenvalue weighted by Crippen LogP contribution is 2.31. The fourth-order valence-corrected chi connectivity index (χ4v) is 2.83. The van der Waals surface area contributed by atoms with E-state index in [0.29, 0.717) is 9.26 Å². The van der Waals surface area contributed by atoms with E-state index >= 15 is 0 Å². The van der Waals surface area contributed by atoms with Gasteiger partial charge in [-0.2, -0.15) is 0 Å². The number of anilines is 1. The van der Waals surface area contributed by atoms with Crippen LogP contribution < -0.4 is 5.73 Å². The second-order valence-corrected chi connectivity index (χ2v) is 6.68. The van der Waals surface area contributed by atoms with Crippen LogP contribution in [0.1, 0.15) is 26.5 Å². The van der Waals surface area contributed by atoms with Crippen molar-refractivity contribution in [1.82, 2.24) is 9.97 Å². The number of hydrogen-bond donors (Lipinski definition) is 1. The number of aromatic nitrogens is 2. The maximum absolute atomic E-state index is 13.3. The second kappa shape index (κ2) is 5.43. The molecule has 21 heavy (non-hydrogen) atoms. The van der Waals surface area contributed by atoms with Crippen LogP contribution in [0, 0.1) is 21.0 Å². The van der Waals surface area contributed by atoms with Gasteiger partial charge in [0.1, 0.15) is 5.82 Å². The molecule has 1 aromatic carbocycles. The van der Waals surface area contributed by atoms with E-state index in [-0.39, 0.29) is 22.6 Å². The zero-order valence-electron chi connectivity index (χ0n) is 11.6. The first-order valence-electron chi connectivity index (χ1n) is 6.09. The van der Waals surface area contributed by atoms with Crippen molar-refractivity contribution in [2.75, 3.05) is 5.73 Å². The molecule has 2 N–H and O–H groups in total. The zero-order valence-corrected chi connectivity index (χ0v) is 13.8. The zero-order chi connectivity index (χ0) is 15.9. The number of nitrogens with zero attached hydrogens (tertiary/aromatic N) is 2. The standard InChI is InChI=1S/C14H13F3IN3/c1-14(2,3)11-10(18)12(19)21-13(20-11)6-4-7(15)9(17)8(16)5-6/h4-5H,1-3H3,(H2,19,20,21). The largest absolute Gasteiger partial charge is 0.383 e. The number of halogens is 4. The molecule has 1 aromatic heterocycles. The van der Waals surface area contributed by atoms with Crippen molar-refractivity contribution < 1.29 is 13.2 Å². The van der Waals surface area contributed by atoms with E-state index in [4.69, 9.17) is 5.73 Å². The van der Waals surface area contributed by atoms with Gasteiger partial charge in [-0.1, -0.05) is 20.8 Å². The fourth-order valence-electron chi connectivity index (χ4n) is 1.78. The summed E-state index contributed by atoms with van der Waals surface area (Å²) in [7, 11) is 0. The molecule has 7 heteroatoms. The fraction of sp³-hybridized carbons (Fsp3) is 0.286. The summed E-state index contributed by atoms with van der Waals surface area (Å²) in [5.74, 6) is -3.81. The predicted octanol–water partition coefficient (Wildman–Crippen LogP) is 4.05. The molecule has 3 nitrogen and oxygen atoms in total. The van der Waals surface area contributed by atoms with Gasteiger partial charge in [0.05, 0.1) is 9.26 Å². The summed E-state index contributed by atoms with van der Waals surface area (Å²) < 4.78 is 40.4. The van der Waals surface area contributed by atoms with Gasteiger partial charge < -0.3 is 5.73 Å². The summed E-state index contributed by atoms with van der Waals surface area (Å²) in [5.41, 5.74) is 6.23. The number of benzene rings is 1. The first kappa shape index (κ1) is 16.0. The molecule has 0 unspecified atom stereocenters. The molecule has 112 valence electrons. The van der Waals surface area contributed by atoms with Gasteiger partial charge in [0.25, 0.3) is 0 Å². The Bertz CT molecular complexity index is 688. The van der Waals surface area contributed by atoms with Crippen molar-refractivity contribution in [2.45, 2.75) is 26.2 Å². The van der Waals surface area contributed by atoms with E-state index in [1.54, 1.807) is 0 Å². The number of nitrogen functional groups attached to an aromatic ring is 1. The first-order chi connectivity index (χ1) is 9.61. The number of nitrogens with two attached hydrogens (primary N) is 1. The van der Waals surface area contributed by atoms with Crippen LogP contribution >= 0.6 is 22.6 Å². The smallest absolute Gasteiger partial charge is 0.194 e. The van der Waals surface area contributed by atoms with E-state index in [0.717, 1.165) is 12.1 Å². The third-order valence-electron chi connectivity index (χ3n) is 2.83. The molecule has 0 bridgehead atoms. The van der Waals surface area contributed by atoms with Crippen molar-refractivity contribution in [1.29, 1.82) is 0 Å². The summed E-state index contributed by atoms with van der Waals surface area (Å²) in [6.07, 6.45) is 0.